The molecule has 0 amide bonds. The first kappa shape index (κ1) is 12.7. The molecule has 1 aromatic heterocycles. The lowest BCUT2D eigenvalue weighted by atomic mass is 10.2. The summed E-state index contributed by atoms with van der Waals surface area (Å²) in [6.45, 7) is 0. The van der Waals surface area contributed by atoms with Crippen molar-refractivity contribution in [1.82, 2.24) is 4.98 Å². The number of nitrogen functional groups attached to an aromatic ring is 1. The van der Waals surface area contributed by atoms with Crippen LogP contribution in [0, 0.1) is 0 Å². The number of pyridine rings is 1. The Bertz CT molecular complexity index is 496. The van der Waals surface area contributed by atoms with Crippen LogP contribution in [0.5, 0.6) is 0 Å². The summed E-state index contributed by atoms with van der Waals surface area (Å²) in [5.41, 5.74) is 7.78. The number of benzene rings is 1. The van der Waals surface area contributed by atoms with E-state index in [0.717, 1.165) is 20.1 Å². The molecule has 0 aliphatic carbocycles. The molecule has 2 aromatic rings. The van der Waals surface area contributed by atoms with E-state index in [1.807, 2.05) is 24.3 Å². The maximum Gasteiger partial charge on any atom is 0.0650 e. The van der Waals surface area contributed by atoms with Crippen molar-refractivity contribution in [2.75, 3.05) is 5.73 Å². The van der Waals surface area contributed by atoms with Crippen LogP contribution < -0.4 is 5.73 Å². The summed E-state index contributed by atoms with van der Waals surface area (Å²) in [7, 11) is 0. The molecule has 2 rings (SSSR count). The molecule has 0 spiro atoms. The van der Waals surface area contributed by atoms with E-state index < -0.39 is 0 Å². The molecule has 0 unspecified atom stereocenters. The molecular weight excluding hydrogens is 320 g/mol. The van der Waals surface area contributed by atoms with E-state index in [1.54, 1.807) is 24.2 Å². The molecule has 2 nitrogen and oxygen atoms in total. The van der Waals surface area contributed by atoms with Crippen LogP contribution in [-0.2, 0) is 5.75 Å². The van der Waals surface area contributed by atoms with Gasteiger partial charge in [-0.15, -0.1) is 11.8 Å². The summed E-state index contributed by atoms with van der Waals surface area (Å²) in [5.74, 6) is 0.851. The molecule has 5 heteroatoms. The number of hydrogen-bond acceptors (Lipinski definition) is 3. The van der Waals surface area contributed by atoms with Crippen LogP contribution in [-0.4, -0.2) is 4.98 Å². The Morgan fingerprint density at radius 1 is 1.24 bits per heavy atom. The van der Waals surface area contributed by atoms with Gasteiger partial charge in [0.25, 0.3) is 0 Å². The monoisotopic (exact) mass is 328 g/mol. The van der Waals surface area contributed by atoms with Crippen molar-refractivity contribution in [3.8, 4) is 0 Å². The number of nitrogens with zero attached hydrogens (tertiary/aromatic N) is 1. The van der Waals surface area contributed by atoms with Crippen molar-refractivity contribution in [3.63, 3.8) is 0 Å². The van der Waals surface area contributed by atoms with E-state index in [-0.39, 0.29) is 0 Å². The summed E-state index contributed by atoms with van der Waals surface area (Å²) in [5, 5.41) is 0.753. The minimum absolute atomic E-state index is 0.693. The average Bonchev–Trinajstić information content (AvgIpc) is 2.31. The Labute approximate surface area is 118 Å². The SMILES string of the molecule is Nc1cncc(Br)c1SCc1ccc(Cl)cc1. The number of anilines is 1. The normalized spacial score (nSPS) is 10.5. The van der Waals surface area contributed by atoms with E-state index >= 15 is 0 Å². The Hall–Kier alpha value is -0.710. The lowest BCUT2D eigenvalue weighted by molar-refractivity contribution is 1.23. The van der Waals surface area contributed by atoms with Gasteiger partial charge in [0.2, 0.25) is 0 Å². The van der Waals surface area contributed by atoms with Gasteiger partial charge < -0.3 is 5.73 Å². The van der Waals surface area contributed by atoms with Crippen LogP contribution in [0.4, 0.5) is 5.69 Å². The van der Waals surface area contributed by atoms with Crippen LogP contribution in [0.25, 0.3) is 0 Å². The highest BCUT2D eigenvalue weighted by molar-refractivity contribution is 9.10. The molecule has 17 heavy (non-hydrogen) atoms. The Balaban J connectivity index is 2.10. The molecule has 0 fully saturated rings. The molecule has 0 saturated heterocycles. The van der Waals surface area contributed by atoms with E-state index in [1.165, 1.54) is 5.56 Å². The Morgan fingerprint density at radius 2 is 1.94 bits per heavy atom. The van der Waals surface area contributed by atoms with Crippen molar-refractivity contribution >= 4 is 45.0 Å². The van der Waals surface area contributed by atoms with E-state index in [9.17, 15) is 0 Å². The Morgan fingerprint density at radius 3 is 2.59 bits per heavy atom. The minimum atomic E-state index is 0.693. The summed E-state index contributed by atoms with van der Waals surface area (Å²) >= 11 is 11.0. The molecule has 0 atom stereocenters. The first-order valence-corrected chi connectivity index (χ1v) is 7.08. The van der Waals surface area contributed by atoms with Gasteiger partial charge in [0.15, 0.2) is 0 Å². The largest absolute Gasteiger partial charge is 0.397 e. The zero-order chi connectivity index (χ0) is 12.3. The zero-order valence-electron chi connectivity index (χ0n) is 8.86. The summed E-state index contributed by atoms with van der Waals surface area (Å²) in [6, 6.07) is 7.81. The van der Waals surface area contributed by atoms with Crippen molar-refractivity contribution < 1.29 is 0 Å². The molecule has 0 radical (unpaired) electrons. The molecule has 1 aromatic carbocycles. The molecular formula is C12H10BrClN2S. The second-order valence-electron chi connectivity index (χ2n) is 3.45. The van der Waals surface area contributed by atoms with Gasteiger partial charge in [-0.3, -0.25) is 4.98 Å². The van der Waals surface area contributed by atoms with Gasteiger partial charge in [0, 0.05) is 21.9 Å². The summed E-state index contributed by atoms with van der Waals surface area (Å²) in [6.07, 6.45) is 3.41. The molecule has 0 saturated carbocycles. The lowest BCUT2D eigenvalue weighted by Crippen LogP contribution is -1.91. The minimum Gasteiger partial charge on any atom is -0.397 e. The van der Waals surface area contributed by atoms with Crippen molar-refractivity contribution in [2.45, 2.75) is 10.6 Å². The van der Waals surface area contributed by atoms with Crippen molar-refractivity contribution in [1.29, 1.82) is 0 Å². The number of thioether (sulfide) groups is 1. The average molecular weight is 330 g/mol. The summed E-state index contributed by atoms with van der Waals surface area (Å²) in [4.78, 5) is 5.03. The number of nitrogens with two attached hydrogens (primary N) is 1. The molecule has 1 heterocycles. The van der Waals surface area contributed by atoms with E-state index in [4.69, 9.17) is 17.3 Å². The van der Waals surface area contributed by atoms with Crippen LogP contribution >= 0.6 is 39.3 Å². The molecule has 0 aliphatic rings. The van der Waals surface area contributed by atoms with Gasteiger partial charge in [-0.05, 0) is 33.6 Å². The van der Waals surface area contributed by atoms with Gasteiger partial charge in [0.05, 0.1) is 16.4 Å². The quantitative estimate of drug-likeness (QED) is 0.850. The Kier molecular flexibility index (Phi) is 4.31. The van der Waals surface area contributed by atoms with Gasteiger partial charge in [-0.2, -0.15) is 0 Å². The number of halogens is 2. The van der Waals surface area contributed by atoms with Crippen molar-refractivity contribution in [2.24, 2.45) is 0 Å². The van der Waals surface area contributed by atoms with Gasteiger partial charge >= 0.3 is 0 Å². The fourth-order valence-corrected chi connectivity index (χ4v) is 3.06. The lowest BCUT2D eigenvalue weighted by Gasteiger charge is -2.07. The van der Waals surface area contributed by atoms with Gasteiger partial charge in [-0.1, -0.05) is 23.7 Å². The molecule has 0 aliphatic heterocycles. The molecule has 0 bridgehead atoms. The highest BCUT2D eigenvalue weighted by Gasteiger charge is 2.05. The van der Waals surface area contributed by atoms with Crippen LogP contribution in [0.3, 0.4) is 0 Å². The highest BCUT2D eigenvalue weighted by atomic mass is 79.9. The first-order valence-electron chi connectivity index (χ1n) is 4.93. The highest BCUT2D eigenvalue weighted by Crippen LogP contribution is 2.33. The van der Waals surface area contributed by atoms with E-state index in [0.29, 0.717) is 5.69 Å². The predicted molar refractivity (Wildman–Crippen MR) is 77.4 cm³/mol. The van der Waals surface area contributed by atoms with Crippen LogP contribution in [0.1, 0.15) is 5.56 Å². The molecule has 88 valence electrons. The third-order valence-corrected chi connectivity index (χ3v) is 4.51. The third kappa shape index (κ3) is 3.37. The second-order valence-corrected chi connectivity index (χ2v) is 5.73. The standard InChI is InChI=1S/C12H10BrClN2S/c13-10-5-16-6-11(15)12(10)17-7-8-1-3-9(14)4-2-8/h1-6H,7,15H2. The molecule has 2 N–H and O–H groups in total. The van der Waals surface area contributed by atoms with Crippen LogP contribution in [0.2, 0.25) is 5.02 Å². The predicted octanol–water partition coefficient (Wildman–Crippen LogP) is 4.37. The fraction of sp³-hybridized carbons (Fsp3) is 0.0833. The van der Waals surface area contributed by atoms with Gasteiger partial charge in [-0.25, -0.2) is 0 Å². The topological polar surface area (TPSA) is 38.9 Å². The van der Waals surface area contributed by atoms with Gasteiger partial charge in [0.1, 0.15) is 0 Å². The first-order chi connectivity index (χ1) is 8.16. The van der Waals surface area contributed by atoms with E-state index in [2.05, 4.69) is 20.9 Å². The van der Waals surface area contributed by atoms with Crippen molar-refractivity contribution in [3.05, 3.63) is 51.7 Å². The maximum atomic E-state index is 5.88. The zero-order valence-corrected chi connectivity index (χ0v) is 12.0. The number of rotatable bonds is 3. The smallest absolute Gasteiger partial charge is 0.0650 e. The number of aromatic nitrogens is 1. The number of hydrogen-bond donors (Lipinski definition) is 1. The third-order valence-electron chi connectivity index (χ3n) is 2.18. The maximum absolute atomic E-state index is 5.88. The summed E-state index contributed by atoms with van der Waals surface area (Å²) < 4.78 is 0.927. The second kappa shape index (κ2) is 5.76. The van der Waals surface area contributed by atoms with Crippen LogP contribution in [0.15, 0.2) is 46.0 Å². The fourth-order valence-electron chi connectivity index (χ4n) is 1.33.